The summed E-state index contributed by atoms with van der Waals surface area (Å²) in [5.41, 5.74) is 1.58. The van der Waals surface area contributed by atoms with Gasteiger partial charge in [0.05, 0.1) is 31.1 Å². The van der Waals surface area contributed by atoms with E-state index in [1.54, 1.807) is 19.2 Å². The summed E-state index contributed by atoms with van der Waals surface area (Å²) >= 11 is 0. The predicted molar refractivity (Wildman–Crippen MR) is 94.8 cm³/mol. The lowest BCUT2D eigenvalue weighted by molar-refractivity contribution is 0.144. The minimum absolute atomic E-state index is 0.146. The molecular weight excluding hydrogens is 322 g/mol. The van der Waals surface area contributed by atoms with E-state index in [9.17, 15) is 9.90 Å². The van der Waals surface area contributed by atoms with Crippen LogP contribution in [0.3, 0.4) is 0 Å². The zero-order chi connectivity index (χ0) is 17.9. The highest BCUT2D eigenvalue weighted by Gasteiger charge is 2.12. The van der Waals surface area contributed by atoms with Crippen molar-refractivity contribution in [2.45, 2.75) is 12.5 Å². The molecule has 0 aliphatic carbocycles. The number of urea groups is 1. The first-order valence-electron chi connectivity index (χ1n) is 8.01. The largest absolute Gasteiger partial charge is 0.475 e. The molecule has 0 radical (unpaired) electrons. The Morgan fingerprint density at radius 2 is 2.00 bits per heavy atom. The van der Waals surface area contributed by atoms with Crippen molar-refractivity contribution in [3.8, 4) is 5.88 Å². The minimum Gasteiger partial charge on any atom is -0.475 e. The molecule has 134 valence electrons. The summed E-state index contributed by atoms with van der Waals surface area (Å²) in [5.74, 6) is 0.459. The third-order valence-electron chi connectivity index (χ3n) is 3.41. The zero-order valence-corrected chi connectivity index (χ0v) is 14.1. The zero-order valence-electron chi connectivity index (χ0n) is 14.1. The highest BCUT2D eigenvalue weighted by Crippen LogP contribution is 2.11. The van der Waals surface area contributed by atoms with E-state index >= 15 is 0 Å². The Morgan fingerprint density at radius 3 is 2.64 bits per heavy atom. The molecule has 0 saturated carbocycles. The van der Waals surface area contributed by atoms with E-state index in [1.807, 2.05) is 30.3 Å². The summed E-state index contributed by atoms with van der Waals surface area (Å²) in [6.45, 7) is 0.745. The van der Waals surface area contributed by atoms with Crippen LogP contribution >= 0.6 is 0 Å². The van der Waals surface area contributed by atoms with E-state index < -0.39 is 6.03 Å². The van der Waals surface area contributed by atoms with Crippen molar-refractivity contribution in [1.29, 1.82) is 0 Å². The summed E-state index contributed by atoms with van der Waals surface area (Å²) in [7, 11) is 1.60. The molecule has 0 saturated heterocycles. The number of amides is 2. The number of hydrogen-bond donors (Lipinski definition) is 3. The van der Waals surface area contributed by atoms with Crippen LogP contribution in [0.2, 0.25) is 0 Å². The van der Waals surface area contributed by atoms with Crippen molar-refractivity contribution in [2.24, 2.45) is 0 Å². The molecule has 2 amide bonds. The fourth-order valence-corrected chi connectivity index (χ4v) is 2.18. The number of carbonyl (C=O) groups excluding carboxylic acids is 1. The van der Waals surface area contributed by atoms with Crippen LogP contribution in [-0.4, -0.2) is 49.1 Å². The van der Waals surface area contributed by atoms with Gasteiger partial charge in [0.1, 0.15) is 6.61 Å². The number of aliphatic hydroxyl groups is 1. The summed E-state index contributed by atoms with van der Waals surface area (Å²) in [6.07, 6.45) is 2.06. The molecule has 7 heteroatoms. The van der Waals surface area contributed by atoms with Crippen molar-refractivity contribution < 1.29 is 19.4 Å². The number of anilines is 1. The van der Waals surface area contributed by atoms with E-state index in [4.69, 9.17) is 9.47 Å². The van der Waals surface area contributed by atoms with Gasteiger partial charge in [-0.3, -0.25) is 0 Å². The van der Waals surface area contributed by atoms with Gasteiger partial charge in [0.15, 0.2) is 0 Å². The Hall–Kier alpha value is -2.64. The maximum absolute atomic E-state index is 12.1. The third kappa shape index (κ3) is 6.78. The van der Waals surface area contributed by atoms with Gasteiger partial charge in [0, 0.05) is 13.2 Å². The molecule has 0 aliphatic heterocycles. The number of carbonyl (C=O) groups is 1. The molecule has 1 unspecified atom stereocenters. The SMILES string of the molecule is COCCOc1ccc(NC(=O)NC(CO)Cc2ccccc2)cn1. The van der Waals surface area contributed by atoms with Gasteiger partial charge in [-0.05, 0) is 18.1 Å². The van der Waals surface area contributed by atoms with Crippen LogP contribution < -0.4 is 15.4 Å². The minimum atomic E-state index is -0.398. The molecule has 25 heavy (non-hydrogen) atoms. The molecule has 0 spiro atoms. The molecule has 2 rings (SSSR count). The van der Waals surface area contributed by atoms with E-state index in [0.717, 1.165) is 5.56 Å². The topological polar surface area (TPSA) is 92.7 Å². The molecule has 1 aromatic heterocycles. The van der Waals surface area contributed by atoms with Crippen LogP contribution in [0.5, 0.6) is 5.88 Å². The predicted octanol–water partition coefficient (Wildman–Crippen LogP) is 1.83. The van der Waals surface area contributed by atoms with Gasteiger partial charge in [0.2, 0.25) is 5.88 Å². The van der Waals surface area contributed by atoms with Gasteiger partial charge < -0.3 is 25.2 Å². The normalized spacial score (nSPS) is 11.6. The molecular formula is C18H23N3O4. The van der Waals surface area contributed by atoms with Gasteiger partial charge in [0.25, 0.3) is 0 Å². The van der Waals surface area contributed by atoms with Gasteiger partial charge in [-0.1, -0.05) is 30.3 Å². The Kier molecular flexibility index (Phi) is 7.68. The van der Waals surface area contributed by atoms with Gasteiger partial charge in [-0.2, -0.15) is 0 Å². The Balaban J connectivity index is 1.82. The van der Waals surface area contributed by atoms with E-state index in [-0.39, 0.29) is 12.6 Å². The number of methoxy groups -OCH3 is 1. The number of rotatable bonds is 9. The lowest BCUT2D eigenvalue weighted by Crippen LogP contribution is -2.41. The molecule has 0 fully saturated rings. The second-order valence-electron chi connectivity index (χ2n) is 5.39. The van der Waals surface area contributed by atoms with Gasteiger partial charge in [-0.15, -0.1) is 0 Å². The molecule has 0 bridgehead atoms. The van der Waals surface area contributed by atoms with Crippen molar-refractivity contribution in [3.63, 3.8) is 0 Å². The van der Waals surface area contributed by atoms with Crippen LogP contribution in [0.4, 0.5) is 10.5 Å². The molecule has 1 aromatic carbocycles. The summed E-state index contributed by atoms with van der Waals surface area (Å²) in [5, 5.41) is 14.9. The molecule has 2 aromatic rings. The van der Waals surface area contributed by atoms with Gasteiger partial charge in [-0.25, -0.2) is 9.78 Å². The van der Waals surface area contributed by atoms with E-state index in [0.29, 0.717) is 31.2 Å². The number of hydrogen-bond acceptors (Lipinski definition) is 5. The van der Waals surface area contributed by atoms with E-state index in [2.05, 4.69) is 15.6 Å². The lowest BCUT2D eigenvalue weighted by Gasteiger charge is -2.17. The van der Waals surface area contributed by atoms with Crippen LogP contribution in [-0.2, 0) is 11.2 Å². The monoisotopic (exact) mass is 345 g/mol. The van der Waals surface area contributed by atoms with Crippen LogP contribution in [0, 0.1) is 0 Å². The van der Waals surface area contributed by atoms with Crippen molar-refractivity contribution in [2.75, 3.05) is 32.2 Å². The Bertz CT molecular complexity index is 635. The molecule has 3 N–H and O–H groups in total. The van der Waals surface area contributed by atoms with E-state index in [1.165, 1.54) is 6.20 Å². The smallest absolute Gasteiger partial charge is 0.319 e. The average molecular weight is 345 g/mol. The summed E-state index contributed by atoms with van der Waals surface area (Å²) in [6, 6.07) is 12.3. The van der Waals surface area contributed by atoms with Crippen molar-refractivity contribution >= 4 is 11.7 Å². The van der Waals surface area contributed by atoms with Crippen LogP contribution in [0.1, 0.15) is 5.56 Å². The fraction of sp³-hybridized carbons (Fsp3) is 0.333. The third-order valence-corrected chi connectivity index (χ3v) is 3.41. The highest BCUT2D eigenvalue weighted by atomic mass is 16.5. The number of nitrogens with zero attached hydrogens (tertiary/aromatic N) is 1. The number of benzene rings is 1. The number of aliphatic hydroxyl groups excluding tert-OH is 1. The number of aromatic nitrogens is 1. The number of nitrogens with one attached hydrogen (secondary N) is 2. The Morgan fingerprint density at radius 1 is 1.20 bits per heavy atom. The van der Waals surface area contributed by atoms with Crippen LogP contribution in [0.15, 0.2) is 48.7 Å². The molecule has 1 heterocycles. The number of pyridine rings is 1. The molecule has 0 aliphatic rings. The molecule has 1 atom stereocenters. The Labute approximate surface area is 147 Å². The maximum Gasteiger partial charge on any atom is 0.319 e. The summed E-state index contributed by atoms with van der Waals surface area (Å²) in [4.78, 5) is 16.2. The molecule has 7 nitrogen and oxygen atoms in total. The first-order valence-corrected chi connectivity index (χ1v) is 8.01. The standard InChI is InChI=1S/C18H23N3O4/c1-24-9-10-25-17-8-7-15(12-19-17)20-18(23)21-16(13-22)11-14-5-3-2-4-6-14/h2-8,12,16,22H,9-11,13H2,1H3,(H2,20,21,23). The highest BCUT2D eigenvalue weighted by molar-refractivity contribution is 5.89. The maximum atomic E-state index is 12.1. The second-order valence-corrected chi connectivity index (χ2v) is 5.39. The average Bonchev–Trinajstić information content (AvgIpc) is 2.63. The quantitative estimate of drug-likeness (QED) is 0.603. The lowest BCUT2D eigenvalue weighted by atomic mass is 10.1. The summed E-state index contributed by atoms with van der Waals surface area (Å²) < 4.78 is 10.2. The second kappa shape index (κ2) is 10.3. The van der Waals surface area contributed by atoms with Crippen molar-refractivity contribution in [3.05, 3.63) is 54.2 Å². The van der Waals surface area contributed by atoms with Crippen LogP contribution in [0.25, 0.3) is 0 Å². The first-order chi connectivity index (χ1) is 12.2. The first kappa shape index (κ1) is 18.7. The fourth-order valence-electron chi connectivity index (χ4n) is 2.18. The van der Waals surface area contributed by atoms with Crippen molar-refractivity contribution in [1.82, 2.24) is 10.3 Å². The van der Waals surface area contributed by atoms with Gasteiger partial charge >= 0.3 is 6.03 Å². The number of ether oxygens (including phenoxy) is 2.